The van der Waals surface area contributed by atoms with Gasteiger partial charge < -0.3 is 0 Å². The maximum atomic E-state index is 11.8. The van der Waals surface area contributed by atoms with Crippen LogP contribution in [0.3, 0.4) is 0 Å². The summed E-state index contributed by atoms with van der Waals surface area (Å²) in [6.45, 7) is 0. The molecule has 0 fully saturated rings. The number of hydrogen-bond acceptors (Lipinski definition) is 3. The van der Waals surface area contributed by atoms with Crippen molar-refractivity contribution < 1.29 is 9.72 Å². The third kappa shape index (κ3) is 5.13. The fraction of sp³-hybridized carbons (Fsp3) is 0. The Hall–Kier alpha value is -2.49. The van der Waals surface area contributed by atoms with Crippen molar-refractivity contribution in [3.8, 4) is 0 Å². The molecule has 5 heteroatoms. The summed E-state index contributed by atoms with van der Waals surface area (Å²) in [5.74, 6) is 0. The molecule has 0 aliphatic heterocycles. The molecule has 0 bridgehead atoms. The van der Waals surface area contributed by atoms with Gasteiger partial charge in [-0.2, -0.15) is 0 Å². The molecule has 0 heterocycles. The van der Waals surface area contributed by atoms with Gasteiger partial charge in [-0.1, -0.05) is 0 Å². The van der Waals surface area contributed by atoms with E-state index in [0.29, 0.717) is 0 Å². The van der Waals surface area contributed by atoms with Crippen LogP contribution in [-0.4, -0.2) is 24.6 Å². The van der Waals surface area contributed by atoms with Crippen molar-refractivity contribution in [2.75, 3.05) is 0 Å². The van der Waals surface area contributed by atoms with Gasteiger partial charge in [0, 0.05) is 0 Å². The second-order valence-electron chi connectivity index (χ2n) is 4.30. The predicted molar refractivity (Wildman–Crippen MR) is 88.1 cm³/mol. The first-order valence-corrected chi connectivity index (χ1v) is 8.22. The van der Waals surface area contributed by atoms with Gasteiger partial charge in [0.05, 0.1) is 0 Å². The molecule has 0 saturated carbocycles. The first-order valence-electron chi connectivity index (χ1n) is 6.51. The van der Waals surface area contributed by atoms with Gasteiger partial charge in [-0.25, -0.2) is 0 Å². The number of benzene rings is 2. The van der Waals surface area contributed by atoms with E-state index in [2.05, 4.69) is 0 Å². The molecular formula is C17H13NO3Se. The number of non-ortho nitro benzene ring substituents is 1. The Morgan fingerprint density at radius 1 is 1.00 bits per heavy atom. The zero-order valence-electron chi connectivity index (χ0n) is 11.6. The first-order chi connectivity index (χ1) is 10.6. The van der Waals surface area contributed by atoms with E-state index in [0.717, 1.165) is 10.0 Å². The van der Waals surface area contributed by atoms with Gasteiger partial charge in [0.25, 0.3) is 0 Å². The molecule has 110 valence electrons. The first kappa shape index (κ1) is 15.9. The van der Waals surface area contributed by atoms with Crippen LogP contribution in [0, 0.1) is 10.1 Å². The van der Waals surface area contributed by atoms with Crippen LogP contribution >= 0.6 is 0 Å². The summed E-state index contributed by atoms with van der Waals surface area (Å²) in [7, 11) is 0. The average molecular weight is 358 g/mol. The van der Waals surface area contributed by atoms with Crippen molar-refractivity contribution in [2.24, 2.45) is 0 Å². The van der Waals surface area contributed by atoms with Crippen LogP contribution in [0.5, 0.6) is 0 Å². The van der Waals surface area contributed by atoms with Crippen LogP contribution in [0.1, 0.15) is 5.56 Å². The standard InChI is InChI=1S/C17H13NO3Se/c19-17(22-16-7-2-1-3-8-16)9-5-4-6-14-10-12-15(13-11-14)18(20)21/h1-13H/b6-4+,9-5+. The maximum absolute atomic E-state index is 11.8. The van der Waals surface area contributed by atoms with E-state index >= 15 is 0 Å². The third-order valence-corrected chi connectivity index (χ3v) is 4.47. The van der Waals surface area contributed by atoms with Gasteiger partial charge in [0.1, 0.15) is 0 Å². The summed E-state index contributed by atoms with van der Waals surface area (Å²) in [4.78, 5) is 21.9. The molecule has 4 nitrogen and oxygen atoms in total. The van der Waals surface area contributed by atoms with E-state index in [-0.39, 0.29) is 25.3 Å². The fourth-order valence-electron chi connectivity index (χ4n) is 1.65. The van der Waals surface area contributed by atoms with E-state index in [1.54, 1.807) is 36.4 Å². The molecule has 22 heavy (non-hydrogen) atoms. The molecule has 2 rings (SSSR count). The van der Waals surface area contributed by atoms with Crippen LogP contribution in [0.2, 0.25) is 0 Å². The molecule has 0 N–H and O–H groups in total. The van der Waals surface area contributed by atoms with Crippen LogP contribution in [0.4, 0.5) is 5.69 Å². The molecule has 0 saturated heterocycles. The molecule has 0 aliphatic rings. The van der Waals surface area contributed by atoms with Crippen molar-refractivity contribution in [3.05, 3.63) is 88.5 Å². The normalized spacial score (nSPS) is 11.1. The molecule has 0 spiro atoms. The van der Waals surface area contributed by atoms with Gasteiger partial charge in [-0.05, 0) is 0 Å². The zero-order chi connectivity index (χ0) is 15.8. The third-order valence-electron chi connectivity index (χ3n) is 2.70. The second kappa shape index (κ2) is 8.07. The van der Waals surface area contributed by atoms with Gasteiger partial charge in [0.15, 0.2) is 0 Å². The number of nitro benzene ring substituents is 1. The second-order valence-corrected chi connectivity index (χ2v) is 6.56. The SMILES string of the molecule is O=C(/C=C/C=C/c1ccc([N+](=O)[O-])cc1)[Se]c1ccccc1. The summed E-state index contributed by atoms with van der Waals surface area (Å²) in [6, 6.07) is 15.9. The van der Waals surface area contributed by atoms with Crippen molar-refractivity contribution in [2.45, 2.75) is 0 Å². The van der Waals surface area contributed by atoms with E-state index in [9.17, 15) is 14.9 Å². The zero-order valence-corrected chi connectivity index (χ0v) is 13.3. The Morgan fingerprint density at radius 2 is 1.68 bits per heavy atom. The molecule has 2 aromatic carbocycles. The van der Waals surface area contributed by atoms with E-state index in [1.807, 2.05) is 30.3 Å². The van der Waals surface area contributed by atoms with Gasteiger partial charge in [-0.3, -0.25) is 0 Å². The summed E-state index contributed by atoms with van der Waals surface area (Å²) < 4.78 is 1.14. The van der Waals surface area contributed by atoms with Gasteiger partial charge in [0.2, 0.25) is 0 Å². The molecule has 0 amide bonds. The summed E-state index contributed by atoms with van der Waals surface area (Å²) >= 11 is -0.209. The van der Waals surface area contributed by atoms with E-state index in [1.165, 1.54) is 12.1 Å². The number of carbonyl (C=O) groups is 1. The van der Waals surface area contributed by atoms with Gasteiger partial charge in [-0.15, -0.1) is 0 Å². The van der Waals surface area contributed by atoms with Crippen LogP contribution in [0.25, 0.3) is 6.08 Å². The summed E-state index contributed by atoms with van der Waals surface area (Å²) in [5.41, 5.74) is 0.907. The molecule has 0 atom stereocenters. The Morgan fingerprint density at radius 3 is 2.32 bits per heavy atom. The van der Waals surface area contributed by atoms with E-state index in [4.69, 9.17) is 0 Å². The Kier molecular flexibility index (Phi) is 5.83. The molecule has 0 radical (unpaired) electrons. The van der Waals surface area contributed by atoms with Gasteiger partial charge >= 0.3 is 134 Å². The molecule has 0 unspecified atom stereocenters. The van der Waals surface area contributed by atoms with Crippen LogP contribution in [0.15, 0.2) is 72.8 Å². The minimum atomic E-state index is -0.433. The molecular weight excluding hydrogens is 345 g/mol. The quantitative estimate of drug-likeness (QED) is 0.262. The van der Waals surface area contributed by atoms with Crippen molar-refractivity contribution in [1.82, 2.24) is 0 Å². The topological polar surface area (TPSA) is 60.2 Å². The molecule has 0 aromatic heterocycles. The van der Waals surface area contributed by atoms with Crippen LogP contribution < -0.4 is 4.46 Å². The molecule has 0 aliphatic carbocycles. The van der Waals surface area contributed by atoms with Crippen molar-refractivity contribution in [3.63, 3.8) is 0 Å². The predicted octanol–water partition coefficient (Wildman–Crippen LogP) is 2.72. The number of hydrogen-bond donors (Lipinski definition) is 0. The number of nitro groups is 1. The Labute approximate surface area is 134 Å². The average Bonchev–Trinajstić information content (AvgIpc) is 2.53. The van der Waals surface area contributed by atoms with Crippen LogP contribution in [-0.2, 0) is 4.79 Å². The summed E-state index contributed by atoms with van der Waals surface area (Å²) in [6.07, 6.45) is 6.78. The number of nitrogens with zero attached hydrogens (tertiary/aromatic N) is 1. The fourth-order valence-corrected chi connectivity index (χ4v) is 3.06. The number of carbonyl (C=O) groups excluding carboxylic acids is 1. The Balaban J connectivity index is 1.88. The monoisotopic (exact) mass is 359 g/mol. The van der Waals surface area contributed by atoms with E-state index < -0.39 is 4.92 Å². The summed E-state index contributed by atoms with van der Waals surface area (Å²) in [5, 5.41) is 10.5. The minimum absolute atomic E-state index is 0.0634. The Bertz CT molecular complexity index is 706. The number of allylic oxidation sites excluding steroid dienone is 3. The van der Waals surface area contributed by atoms with Crippen molar-refractivity contribution >= 4 is 35.9 Å². The number of rotatable bonds is 6. The molecule has 2 aromatic rings. The van der Waals surface area contributed by atoms with Crippen molar-refractivity contribution in [1.29, 1.82) is 0 Å².